The summed E-state index contributed by atoms with van der Waals surface area (Å²) in [6.07, 6.45) is 0. The Bertz CT molecular complexity index is 1280. The van der Waals surface area contributed by atoms with Gasteiger partial charge in [0.05, 0.1) is 11.5 Å². The third-order valence-corrected chi connectivity index (χ3v) is 5.86. The summed E-state index contributed by atoms with van der Waals surface area (Å²) in [5.74, 6) is 0.643. The number of phenols is 1. The molecule has 0 spiro atoms. The Labute approximate surface area is 196 Å². The molecule has 0 unspecified atom stereocenters. The van der Waals surface area contributed by atoms with E-state index in [1.165, 1.54) is 11.8 Å². The maximum absolute atomic E-state index is 12.4. The molecule has 1 amide bonds. The van der Waals surface area contributed by atoms with E-state index in [4.69, 9.17) is 0 Å². The molecule has 1 aromatic heterocycles. The van der Waals surface area contributed by atoms with E-state index >= 15 is 0 Å². The molecule has 0 radical (unpaired) electrons. The summed E-state index contributed by atoms with van der Waals surface area (Å²) < 4.78 is 1.94. The molecule has 0 saturated carbocycles. The maximum Gasteiger partial charge on any atom is 0.250 e. The minimum atomic E-state index is -0.283. The summed E-state index contributed by atoms with van der Waals surface area (Å²) in [4.78, 5) is 12.4. The van der Waals surface area contributed by atoms with Crippen LogP contribution in [0.5, 0.6) is 5.75 Å². The number of nitrogens with one attached hydrogen (secondary N) is 1. The van der Waals surface area contributed by atoms with Crippen molar-refractivity contribution in [1.82, 2.24) is 20.2 Å². The SMILES string of the molecule is CC(=NNC(=O)CSc1nnc(-c2ccc(C)cc2)n1-c1ccccc1)c1ccccc1O. The van der Waals surface area contributed by atoms with Crippen molar-refractivity contribution in [3.63, 3.8) is 0 Å². The van der Waals surface area contributed by atoms with Crippen LogP contribution in [0.1, 0.15) is 18.1 Å². The molecule has 0 fully saturated rings. The average molecular weight is 458 g/mol. The topological polar surface area (TPSA) is 92.4 Å². The summed E-state index contributed by atoms with van der Waals surface area (Å²) in [6, 6.07) is 24.7. The Morgan fingerprint density at radius 1 is 1.00 bits per heavy atom. The van der Waals surface area contributed by atoms with Gasteiger partial charge in [0.2, 0.25) is 0 Å². The zero-order chi connectivity index (χ0) is 23.2. The van der Waals surface area contributed by atoms with E-state index in [2.05, 4.69) is 20.7 Å². The van der Waals surface area contributed by atoms with Crippen LogP contribution in [0.4, 0.5) is 0 Å². The highest BCUT2D eigenvalue weighted by Crippen LogP contribution is 2.28. The van der Waals surface area contributed by atoms with Gasteiger partial charge in [-0.1, -0.05) is 71.9 Å². The molecule has 8 heteroatoms. The Balaban J connectivity index is 1.52. The fourth-order valence-corrected chi connectivity index (χ4v) is 3.96. The number of carbonyl (C=O) groups is 1. The maximum atomic E-state index is 12.4. The van der Waals surface area contributed by atoms with Crippen LogP contribution >= 0.6 is 11.8 Å². The zero-order valence-electron chi connectivity index (χ0n) is 18.3. The number of hydrogen-bond acceptors (Lipinski definition) is 6. The van der Waals surface area contributed by atoms with Crippen LogP contribution in [0, 0.1) is 6.92 Å². The normalized spacial score (nSPS) is 11.4. The summed E-state index contributed by atoms with van der Waals surface area (Å²) in [5, 5.41) is 23.4. The van der Waals surface area contributed by atoms with Crippen molar-refractivity contribution in [1.29, 1.82) is 0 Å². The van der Waals surface area contributed by atoms with Crippen LogP contribution in [-0.4, -0.2) is 37.2 Å². The number of hydrogen-bond donors (Lipinski definition) is 2. The van der Waals surface area contributed by atoms with Crippen molar-refractivity contribution in [3.8, 4) is 22.8 Å². The monoisotopic (exact) mass is 457 g/mol. The van der Waals surface area contributed by atoms with E-state index in [-0.39, 0.29) is 17.4 Å². The molecule has 7 nitrogen and oxygen atoms in total. The Morgan fingerprint density at radius 2 is 1.70 bits per heavy atom. The van der Waals surface area contributed by atoms with Crippen LogP contribution in [0.3, 0.4) is 0 Å². The quantitative estimate of drug-likeness (QED) is 0.241. The molecule has 0 saturated heterocycles. The molecule has 0 atom stereocenters. The van der Waals surface area contributed by atoms with Gasteiger partial charge in [-0.15, -0.1) is 10.2 Å². The van der Waals surface area contributed by atoms with Crippen molar-refractivity contribution >= 4 is 23.4 Å². The summed E-state index contributed by atoms with van der Waals surface area (Å²) in [7, 11) is 0. The molecule has 1 heterocycles. The van der Waals surface area contributed by atoms with E-state index < -0.39 is 0 Å². The highest BCUT2D eigenvalue weighted by Gasteiger charge is 2.17. The Hall–Kier alpha value is -3.91. The molecule has 0 aliphatic rings. The highest BCUT2D eigenvalue weighted by molar-refractivity contribution is 7.99. The number of aromatic hydroxyl groups is 1. The fraction of sp³-hybridized carbons (Fsp3) is 0.120. The second kappa shape index (κ2) is 10.1. The van der Waals surface area contributed by atoms with Crippen molar-refractivity contribution in [2.24, 2.45) is 5.10 Å². The molecular weight excluding hydrogens is 434 g/mol. The first kappa shape index (κ1) is 22.3. The first-order chi connectivity index (χ1) is 16.0. The number of aryl methyl sites for hydroxylation is 1. The average Bonchev–Trinajstić information content (AvgIpc) is 3.26. The van der Waals surface area contributed by atoms with Gasteiger partial charge in [0.15, 0.2) is 11.0 Å². The minimum Gasteiger partial charge on any atom is -0.507 e. The summed E-state index contributed by atoms with van der Waals surface area (Å²) in [5.41, 5.74) is 6.64. The largest absolute Gasteiger partial charge is 0.507 e. The number of aromatic nitrogens is 3. The van der Waals surface area contributed by atoms with E-state index in [0.29, 0.717) is 22.3 Å². The Kier molecular flexibility index (Phi) is 6.85. The van der Waals surface area contributed by atoms with Crippen molar-refractivity contribution in [2.75, 3.05) is 5.75 Å². The molecule has 4 rings (SSSR count). The lowest BCUT2D eigenvalue weighted by Crippen LogP contribution is -2.21. The lowest BCUT2D eigenvalue weighted by atomic mass is 10.1. The highest BCUT2D eigenvalue weighted by atomic mass is 32.2. The van der Waals surface area contributed by atoms with E-state index in [1.807, 2.05) is 66.1 Å². The number of benzene rings is 3. The number of phenolic OH excluding ortho intramolecular Hbond substituents is 1. The number of nitrogens with zero attached hydrogens (tertiary/aromatic N) is 4. The van der Waals surface area contributed by atoms with E-state index in [9.17, 15) is 9.90 Å². The van der Waals surface area contributed by atoms with Gasteiger partial charge in [0.25, 0.3) is 5.91 Å². The Morgan fingerprint density at radius 3 is 2.42 bits per heavy atom. The number of carbonyl (C=O) groups excluding carboxylic acids is 1. The van der Waals surface area contributed by atoms with Gasteiger partial charge in [-0.25, -0.2) is 5.43 Å². The second-order valence-corrected chi connectivity index (χ2v) is 8.32. The number of thioether (sulfide) groups is 1. The van der Waals surface area contributed by atoms with Gasteiger partial charge < -0.3 is 5.11 Å². The van der Waals surface area contributed by atoms with Crippen LogP contribution in [-0.2, 0) is 4.79 Å². The van der Waals surface area contributed by atoms with Gasteiger partial charge in [0.1, 0.15) is 5.75 Å². The van der Waals surface area contributed by atoms with Crippen LogP contribution in [0.15, 0.2) is 89.1 Å². The molecule has 0 aliphatic carbocycles. The van der Waals surface area contributed by atoms with E-state index in [0.717, 1.165) is 16.8 Å². The third kappa shape index (κ3) is 5.30. The number of para-hydroxylation sites is 2. The molecular formula is C25H23N5O2S. The predicted molar refractivity (Wildman–Crippen MR) is 131 cm³/mol. The van der Waals surface area contributed by atoms with Gasteiger partial charge in [-0.2, -0.15) is 5.10 Å². The van der Waals surface area contributed by atoms with E-state index in [1.54, 1.807) is 31.2 Å². The summed E-state index contributed by atoms with van der Waals surface area (Å²) >= 11 is 1.28. The van der Waals surface area contributed by atoms with Crippen LogP contribution < -0.4 is 5.43 Å². The van der Waals surface area contributed by atoms with Crippen LogP contribution in [0.25, 0.3) is 17.1 Å². The van der Waals surface area contributed by atoms with Gasteiger partial charge >= 0.3 is 0 Å². The number of rotatable bonds is 7. The van der Waals surface area contributed by atoms with Gasteiger partial charge in [-0.05, 0) is 38.1 Å². The van der Waals surface area contributed by atoms with Crippen molar-refractivity contribution in [3.05, 3.63) is 90.0 Å². The fourth-order valence-electron chi connectivity index (χ4n) is 3.21. The lowest BCUT2D eigenvalue weighted by molar-refractivity contribution is -0.118. The van der Waals surface area contributed by atoms with Crippen molar-refractivity contribution < 1.29 is 9.90 Å². The smallest absolute Gasteiger partial charge is 0.250 e. The summed E-state index contributed by atoms with van der Waals surface area (Å²) in [6.45, 7) is 3.76. The minimum absolute atomic E-state index is 0.108. The second-order valence-electron chi connectivity index (χ2n) is 7.38. The lowest BCUT2D eigenvalue weighted by Gasteiger charge is -2.10. The molecule has 3 aromatic carbocycles. The predicted octanol–water partition coefficient (Wildman–Crippen LogP) is 4.58. The molecule has 0 bridgehead atoms. The zero-order valence-corrected chi connectivity index (χ0v) is 19.1. The van der Waals surface area contributed by atoms with Gasteiger partial charge in [0, 0.05) is 16.8 Å². The number of hydrazone groups is 1. The molecule has 2 N–H and O–H groups in total. The first-order valence-corrected chi connectivity index (χ1v) is 11.3. The van der Waals surface area contributed by atoms with Crippen molar-refractivity contribution in [2.45, 2.75) is 19.0 Å². The number of amides is 1. The first-order valence-electron chi connectivity index (χ1n) is 10.3. The van der Waals surface area contributed by atoms with Gasteiger partial charge in [-0.3, -0.25) is 9.36 Å². The molecule has 33 heavy (non-hydrogen) atoms. The molecule has 4 aromatic rings. The molecule has 166 valence electrons. The third-order valence-electron chi connectivity index (χ3n) is 4.93. The standard InChI is InChI=1S/C25H23N5O2S/c1-17-12-14-19(15-13-17)24-28-29-25(30(24)20-8-4-3-5-9-20)33-16-23(32)27-26-18(2)21-10-6-7-11-22(21)31/h3-15,31H,16H2,1-2H3,(H,27,32). The van der Waals surface area contributed by atoms with Crippen LogP contribution in [0.2, 0.25) is 0 Å². The molecule has 0 aliphatic heterocycles.